The maximum atomic E-state index is 3.57. The molecule has 0 unspecified atom stereocenters. The zero-order chi connectivity index (χ0) is 13.0. The maximum absolute atomic E-state index is 3.57. The zero-order valence-electron chi connectivity index (χ0n) is 10.9. The van der Waals surface area contributed by atoms with E-state index in [-0.39, 0.29) is 0 Å². The van der Waals surface area contributed by atoms with Crippen molar-refractivity contribution in [2.75, 3.05) is 11.4 Å². The third-order valence-corrected chi connectivity index (χ3v) is 3.66. The average molecular weight is 304 g/mol. The lowest BCUT2D eigenvalue weighted by atomic mass is 10.1. The van der Waals surface area contributed by atoms with E-state index in [0.717, 1.165) is 11.9 Å². The summed E-state index contributed by atoms with van der Waals surface area (Å²) in [4.78, 5) is 2.35. The fraction of sp³-hybridized carbons (Fsp3) is 0.250. The minimum atomic E-state index is 0.880. The summed E-state index contributed by atoms with van der Waals surface area (Å²) in [6.45, 7) is 5.29. The molecule has 18 heavy (non-hydrogen) atoms. The van der Waals surface area contributed by atoms with E-state index in [1.807, 2.05) is 0 Å². The van der Waals surface area contributed by atoms with E-state index < -0.39 is 0 Å². The largest absolute Gasteiger partial charge is 0.342 e. The lowest BCUT2D eigenvalue weighted by Crippen LogP contribution is -2.17. The number of halogens is 1. The van der Waals surface area contributed by atoms with E-state index in [1.165, 1.54) is 22.5 Å². The Morgan fingerprint density at radius 1 is 1.06 bits per heavy atom. The molecule has 1 nitrogen and oxygen atoms in total. The summed E-state index contributed by atoms with van der Waals surface area (Å²) in [6.07, 6.45) is 0. The summed E-state index contributed by atoms with van der Waals surface area (Å²) in [5.41, 5.74) is 5.15. The van der Waals surface area contributed by atoms with E-state index in [4.69, 9.17) is 0 Å². The summed E-state index contributed by atoms with van der Waals surface area (Å²) in [6, 6.07) is 17.2. The molecule has 0 aliphatic rings. The molecule has 2 rings (SSSR count). The molecule has 0 heterocycles. The van der Waals surface area contributed by atoms with Gasteiger partial charge < -0.3 is 4.90 Å². The maximum Gasteiger partial charge on any atom is 0.0451 e. The molecule has 0 N–H and O–H groups in total. The Kier molecular flexibility index (Phi) is 4.43. The molecular weight excluding hydrogens is 286 g/mol. The summed E-state index contributed by atoms with van der Waals surface area (Å²) in [5.74, 6) is 0. The van der Waals surface area contributed by atoms with Gasteiger partial charge >= 0.3 is 0 Å². The first-order valence-electron chi connectivity index (χ1n) is 6.24. The molecule has 0 aliphatic carbocycles. The highest BCUT2D eigenvalue weighted by Gasteiger charge is 2.10. The fourth-order valence-electron chi connectivity index (χ4n) is 2.18. The molecule has 0 bridgehead atoms. The van der Waals surface area contributed by atoms with Crippen molar-refractivity contribution in [1.29, 1.82) is 0 Å². The van der Waals surface area contributed by atoms with Gasteiger partial charge in [0.15, 0.2) is 0 Å². The van der Waals surface area contributed by atoms with Crippen LogP contribution in [-0.4, -0.2) is 6.54 Å². The minimum Gasteiger partial charge on any atom is -0.342 e. The van der Waals surface area contributed by atoms with Crippen LogP contribution >= 0.6 is 15.9 Å². The van der Waals surface area contributed by atoms with Gasteiger partial charge in [0.1, 0.15) is 0 Å². The van der Waals surface area contributed by atoms with Crippen LogP contribution < -0.4 is 4.90 Å². The number of alkyl halides is 1. The molecule has 94 valence electrons. The van der Waals surface area contributed by atoms with Crippen molar-refractivity contribution in [2.45, 2.75) is 19.2 Å². The first-order chi connectivity index (χ1) is 8.76. The van der Waals surface area contributed by atoms with Crippen LogP contribution in [-0.2, 0) is 5.33 Å². The highest BCUT2D eigenvalue weighted by atomic mass is 79.9. The van der Waals surface area contributed by atoms with Crippen LogP contribution in [0.2, 0.25) is 0 Å². The summed E-state index contributed by atoms with van der Waals surface area (Å²) < 4.78 is 0. The topological polar surface area (TPSA) is 3.24 Å². The SMILES string of the molecule is CCN(c1cccc(C)c1)c1ccccc1CBr. The van der Waals surface area contributed by atoms with Gasteiger partial charge in [0.25, 0.3) is 0 Å². The number of aryl methyl sites for hydroxylation is 1. The predicted molar refractivity (Wildman–Crippen MR) is 82.9 cm³/mol. The second-order valence-corrected chi connectivity index (χ2v) is 4.91. The number of nitrogens with zero attached hydrogens (tertiary/aromatic N) is 1. The fourth-order valence-corrected chi connectivity index (χ4v) is 2.65. The molecule has 0 saturated heterocycles. The van der Waals surface area contributed by atoms with Crippen LogP contribution in [0.1, 0.15) is 18.1 Å². The third kappa shape index (κ3) is 2.75. The van der Waals surface area contributed by atoms with Gasteiger partial charge in [-0.1, -0.05) is 46.3 Å². The Balaban J connectivity index is 2.45. The van der Waals surface area contributed by atoms with Crippen molar-refractivity contribution in [2.24, 2.45) is 0 Å². The van der Waals surface area contributed by atoms with E-state index in [9.17, 15) is 0 Å². The summed E-state index contributed by atoms with van der Waals surface area (Å²) in [7, 11) is 0. The first kappa shape index (κ1) is 13.2. The normalized spacial score (nSPS) is 10.4. The Labute approximate surface area is 118 Å². The van der Waals surface area contributed by atoms with E-state index in [2.05, 4.69) is 83.2 Å². The zero-order valence-corrected chi connectivity index (χ0v) is 12.4. The van der Waals surface area contributed by atoms with Crippen LogP contribution in [0.3, 0.4) is 0 Å². The monoisotopic (exact) mass is 303 g/mol. The number of benzene rings is 2. The second kappa shape index (κ2) is 6.05. The minimum absolute atomic E-state index is 0.880. The molecule has 0 saturated carbocycles. The highest BCUT2D eigenvalue weighted by Crippen LogP contribution is 2.29. The van der Waals surface area contributed by atoms with Gasteiger partial charge in [-0.05, 0) is 43.2 Å². The molecule has 0 aliphatic heterocycles. The van der Waals surface area contributed by atoms with Gasteiger partial charge in [-0.25, -0.2) is 0 Å². The van der Waals surface area contributed by atoms with Gasteiger partial charge in [-0.2, -0.15) is 0 Å². The summed E-state index contributed by atoms with van der Waals surface area (Å²) >= 11 is 3.57. The Hall–Kier alpha value is -1.28. The number of anilines is 2. The Bertz CT molecular complexity index is 522. The smallest absolute Gasteiger partial charge is 0.0451 e. The number of para-hydroxylation sites is 1. The van der Waals surface area contributed by atoms with Gasteiger partial charge in [0, 0.05) is 23.2 Å². The Morgan fingerprint density at radius 2 is 1.83 bits per heavy atom. The molecule has 0 amide bonds. The average Bonchev–Trinajstić information content (AvgIpc) is 2.40. The van der Waals surface area contributed by atoms with Crippen molar-refractivity contribution in [1.82, 2.24) is 0 Å². The highest BCUT2D eigenvalue weighted by molar-refractivity contribution is 9.08. The molecule has 0 radical (unpaired) electrons. The second-order valence-electron chi connectivity index (χ2n) is 4.35. The molecule has 2 aromatic rings. The predicted octanol–water partition coefficient (Wildman–Crippen LogP) is 5.05. The molecule has 2 aromatic carbocycles. The number of hydrogen-bond acceptors (Lipinski definition) is 1. The van der Waals surface area contributed by atoms with E-state index in [1.54, 1.807) is 0 Å². The molecule has 0 atom stereocenters. The van der Waals surface area contributed by atoms with Crippen LogP contribution in [0.25, 0.3) is 0 Å². The van der Waals surface area contributed by atoms with Gasteiger partial charge in [-0.15, -0.1) is 0 Å². The van der Waals surface area contributed by atoms with Crippen LogP contribution in [0.5, 0.6) is 0 Å². The van der Waals surface area contributed by atoms with Crippen molar-refractivity contribution < 1.29 is 0 Å². The first-order valence-corrected chi connectivity index (χ1v) is 7.36. The molecule has 0 aromatic heterocycles. The van der Waals surface area contributed by atoms with Crippen LogP contribution in [0, 0.1) is 6.92 Å². The van der Waals surface area contributed by atoms with Crippen LogP contribution in [0.15, 0.2) is 48.5 Å². The van der Waals surface area contributed by atoms with Crippen molar-refractivity contribution >= 4 is 27.3 Å². The molecule has 0 spiro atoms. The quantitative estimate of drug-likeness (QED) is 0.715. The van der Waals surface area contributed by atoms with E-state index in [0.29, 0.717) is 0 Å². The van der Waals surface area contributed by atoms with Gasteiger partial charge in [0.2, 0.25) is 0 Å². The van der Waals surface area contributed by atoms with Crippen LogP contribution in [0.4, 0.5) is 11.4 Å². The van der Waals surface area contributed by atoms with Gasteiger partial charge in [-0.3, -0.25) is 0 Å². The lowest BCUT2D eigenvalue weighted by molar-refractivity contribution is 1.01. The molecular formula is C16H18BrN. The number of rotatable bonds is 4. The lowest BCUT2D eigenvalue weighted by Gasteiger charge is -2.25. The molecule has 2 heteroatoms. The number of hydrogen-bond donors (Lipinski definition) is 0. The van der Waals surface area contributed by atoms with Crippen molar-refractivity contribution in [3.8, 4) is 0 Å². The van der Waals surface area contributed by atoms with Crippen molar-refractivity contribution in [3.05, 3.63) is 59.7 Å². The standard InChI is InChI=1S/C16H18BrN/c1-3-18(15-9-6-7-13(2)11-15)16-10-5-4-8-14(16)12-17/h4-11H,3,12H2,1-2H3. The molecule has 0 fully saturated rings. The van der Waals surface area contributed by atoms with E-state index >= 15 is 0 Å². The summed E-state index contributed by atoms with van der Waals surface area (Å²) in [5, 5.41) is 0.880. The van der Waals surface area contributed by atoms with Gasteiger partial charge in [0.05, 0.1) is 0 Å². The van der Waals surface area contributed by atoms with Crippen molar-refractivity contribution in [3.63, 3.8) is 0 Å². The Morgan fingerprint density at radius 3 is 2.50 bits per heavy atom. The third-order valence-electron chi connectivity index (χ3n) is 3.06.